The molecule has 0 aromatic rings. The van der Waals surface area contributed by atoms with Crippen LogP contribution in [0.3, 0.4) is 0 Å². The third-order valence-electron chi connectivity index (χ3n) is 13.7. The standard InChI is InChI=1S/C51H91NO8/c1-39(2)20-16-22-41(5)31-36-57-49(58-37-32-42(6)23-17-21-40(3)4)29-28-46(53)56-35-15-13-12-14-24-44(59-47(54)27-19-34-52(10)11)25-18-26-48(55)60-45-38-43-30-33-51(45,9)50(43,7)8/h20-21,41-45,49H,12-19,22-38H2,1-11H3/t41?,42?,43?,44?,45-,49?,51-/m1/s1. The fraction of sp³-hybridized carbons (Fsp3) is 0.863. The Morgan fingerprint density at radius 3 is 1.80 bits per heavy atom. The molecule has 348 valence electrons. The van der Waals surface area contributed by atoms with E-state index in [9.17, 15) is 14.4 Å². The molecule has 0 aliphatic heterocycles. The van der Waals surface area contributed by atoms with Crippen molar-refractivity contribution in [3.8, 4) is 0 Å². The van der Waals surface area contributed by atoms with E-state index >= 15 is 0 Å². The molecule has 2 aliphatic rings. The molecular formula is C51H91NO8. The number of carbonyl (C=O) groups excluding carboxylic acids is 3. The largest absolute Gasteiger partial charge is 0.466 e. The molecule has 4 unspecified atom stereocenters. The molecular weight excluding hydrogens is 755 g/mol. The molecule has 0 saturated heterocycles. The highest BCUT2D eigenvalue weighted by Gasteiger charge is 2.62. The third kappa shape index (κ3) is 21.7. The molecule has 0 heterocycles. The molecule has 0 aromatic heterocycles. The van der Waals surface area contributed by atoms with E-state index in [1.165, 1.54) is 17.6 Å². The Morgan fingerprint density at radius 2 is 1.25 bits per heavy atom. The van der Waals surface area contributed by atoms with E-state index in [4.69, 9.17) is 23.7 Å². The topological polar surface area (TPSA) is 101 Å². The molecule has 2 saturated carbocycles. The maximum Gasteiger partial charge on any atom is 0.306 e. The molecule has 2 fully saturated rings. The molecule has 0 spiro atoms. The average Bonchev–Trinajstić information content (AvgIpc) is 3.49. The summed E-state index contributed by atoms with van der Waals surface area (Å²) >= 11 is 0. The summed E-state index contributed by atoms with van der Waals surface area (Å²) in [5, 5.41) is 0. The second-order valence-electron chi connectivity index (χ2n) is 20.1. The van der Waals surface area contributed by atoms with Crippen LogP contribution in [0, 0.1) is 28.6 Å². The van der Waals surface area contributed by atoms with Crippen molar-refractivity contribution in [2.24, 2.45) is 28.6 Å². The lowest BCUT2D eigenvalue weighted by molar-refractivity contribution is -0.161. The Hall–Kier alpha value is -2.23. The second-order valence-corrected chi connectivity index (χ2v) is 20.1. The fourth-order valence-electron chi connectivity index (χ4n) is 8.99. The van der Waals surface area contributed by atoms with Crippen LogP contribution in [0.1, 0.15) is 197 Å². The molecule has 0 radical (unpaired) electrons. The van der Waals surface area contributed by atoms with Gasteiger partial charge in [-0.3, -0.25) is 14.4 Å². The van der Waals surface area contributed by atoms with Crippen molar-refractivity contribution in [1.82, 2.24) is 4.90 Å². The zero-order chi connectivity index (χ0) is 44.6. The lowest BCUT2D eigenvalue weighted by Gasteiger charge is -2.38. The van der Waals surface area contributed by atoms with Gasteiger partial charge in [-0.1, -0.05) is 70.8 Å². The maximum atomic E-state index is 13.0. The number of hydrogen-bond donors (Lipinski definition) is 0. The molecule has 2 bridgehead atoms. The van der Waals surface area contributed by atoms with Gasteiger partial charge in [0, 0.05) is 37.9 Å². The van der Waals surface area contributed by atoms with Crippen molar-refractivity contribution in [1.29, 1.82) is 0 Å². The van der Waals surface area contributed by atoms with Gasteiger partial charge in [0.05, 0.1) is 13.0 Å². The highest BCUT2D eigenvalue weighted by molar-refractivity contribution is 5.70. The first-order valence-electron chi connectivity index (χ1n) is 24.1. The summed E-state index contributed by atoms with van der Waals surface area (Å²) in [6.45, 7) is 22.5. The maximum absolute atomic E-state index is 13.0. The van der Waals surface area contributed by atoms with Gasteiger partial charge in [-0.2, -0.15) is 0 Å². The lowest BCUT2D eigenvalue weighted by Crippen LogP contribution is -2.38. The minimum Gasteiger partial charge on any atom is -0.466 e. The summed E-state index contributed by atoms with van der Waals surface area (Å²) in [6.07, 6.45) is 21.6. The summed E-state index contributed by atoms with van der Waals surface area (Å²) in [4.78, 5) is 40.5. The van der Waals surface area contributed by atoms with Crippen LogP contribution in [0.15, 0.2) is 23.3 Å². The van der Waals surface area contributed by atoms with E-state index < -0.39 is 6.29 Å². The Balaban J connectivity index is 1.73. The van der Waals surface area contributed by atoms with Crippen molar-refractivity contribution in [2.75, 3.05) is 40.5 Å². The highest BCUT2D eigenvalue weighted by atomic mass is 16.7. The van der Waals surface area contributed by atoms with Crippen LogP contribution in [-0.2, 0) is 38.1 Å². The van der Waals surface area contributed by atoms with Gasteiger partial charge in [-0.25, -0.2) is 0 Å². The van der Waals surface area contributed by atoms with E-state index in [2.05, 4.69) is 79.4 Å². The van der Waals surface area contributed by atoms with Gasteiger partial charge < -0.3 is 28.6 Å². The number of fused-ring (bicyclic) bond motifs is 2. The van der Waals surface area contributed by atoms with Gasteiger partial charge in [-0.15, -0.1) is 0 Å². The van der Waals surface area contributed by atoms with Crippen molar-refractivity contribution in [3.05, 3.63) is 23.3 Å². The van der Waals surface area contributed by atoms with Crippen molar-refractivity contribution in [3.63, 3.8) is 0 Å². The predicted octanol–water partition coefficient (Wildman–Crippen LogP) is 12.3. The van der Waals surface area contributed by atoms with Crippen LogP contribution in [0.2, 0.25) is 0 Å². The SMILES string of the molecule is CC(C)=CCCC(C)CCOC(CCC(=O)OCCCCCCC(CCCC(=O)O[C@@H]1CC2CC[C@@]1(C)C2(C)C)OC(=O)CCCN(C)C)OCCC(C)CCC=C(C)C. The van der Waals surface area contributed by atoms with E-state index in [0.717, 1.165) is 96.4 Å². The van der Waals surface area contributed by atoms with Crippen molar-refractivity contribution >= 4 is 17.9 Å². The number of unbranched alkanes of at least 4 members (excludes halogenated alkanes) is 3. The Morgan fingerprint density at radius 1 is 0.667 bits per heavy atom. The van der Waals surface area contributed by atoms with Gasteiger partial charge in [-0.05, 0) is 168 Å². The molecule has 0 N–H and O–H groups in total. The van der Waals surface area contributed by atoms with Crippen LogP contribution in [-0.4, -0.2) is 81.8 Å². The molecule has 0 aromatic carbocycles. The normalized spacial score (nSPS) is 21.3. The monoisotopic (exact) mass is 846 g/mol. The van der Waals surface area contributed by atoms with Gasteiger partial charge in [0.25, 0.3) is 0 Å². The number of carbonyl (C=O) groups is 3. The van der Waals surface area contributed by atoms with Gasteiger partial charge in [0.15, 0.2) is 6.29 Å². The number of esters is 3. The van der Waals surface area contributed by atoms with Gasteiger partial charge >= 0.3 is 17.9 Å². The number of allylic oxidation sites excluding steroid dienone is 4. The second kappa shape index (κ2) is 29.2. The van der Waals surface area contributed by atoms with E-state index in [0.29, 0.717) is 69.7 Å². The smallest absolute Gasteiger partial charge is 0.306 e. The summed E-state index contributed by atoms with van der Waals surface area (Å²) < 4.78 is 30.0. The lowest BCUT2D eigenvalue weighted by atomic mass is 9.70. The minimum atomic E-state index is -0.411. The molecule has 2 aliphatic carbocycles. The number of hydrogen-bond acceptors (Lipinski definition) is 9. The molecule has 6 atom stereocenters. The van der Waals surface area contributed by atoms with Crippen LogP contribution in [0.25, 0.3) is 0 Å². The minimum absolute atomic E-state index is 0.00140. The summed E-state index contributed by atoms with van der Waals surface area (Å²) in [5.41, 5.74) is 2.97. The first-order chi connectivity index (χ1) is 28.4. The van der Waals surface area contributed by atoms with Crippen LogP contribution in [0.5, 0.6) is 0 Å². The number of ether oxygens (including phenoxy) is 5. The molecule has 2 rings (SSSR count). The first-order valence-corrected chi connectivity index (χ1v) is 24.1. The predicted molar refractivity (Wildman–Crippen MR) is 244 cm³/mol. The Kier molecular flexibility index (Phi) is 26.2. The average molecular weight is 846 g/mol. The van der Waals surface area contributed by atoms with Gasteiger partial charge in [0.1, 0.15) is 12.2 Å². The summed E-state index contributed by atoms with van der Waals surface area (Å²) in [7, 11) is 4.00. The van der Waals surface area contributed by atoms with Crippen LogP contribution in [0.4, 0.5) is 0 Å². The summed E-state index contributed by atoms with van der Waals surface area (Å²) in [6, 6.07) is 0. The van der Waals surface area contributed by atoms with Crippen molar-refractivity contribution < 1.29 is 38.1 Å². The van der Waals surface area contributed by atoms with Gasteiger partial charge in [0.2, 0.25) is 0 Å². The zero-order valence-electron chi connectivity index (χ0n) is 40.5. The molecule has 9 heteroatoms. The number of nitrogens with zero attached hydrogens (tertiary/aromatic N) is 1. The first kappa shape index (κ1) is 53.9. The van der Waals surface area contributed by atoms with E-state index in [1.807, 2.05) is 14.1 Å². The zero-order valence-corrected chi connectivity index (χ0v) is 40.5. The summed E-state index contributed by atoms with van der Waals surface area (Å²) in [5.74, 6) is 1.24. The fourth-order valence-corrected chi connectivity index (χ4v) is 8.99. The van der Waals surface area contributed by atoms with Crippen LogP contribution >= 0.6 is 0 Å². The molecule has 0 amide bonds. The number of rotatable bonds is 34. The van der Waals surface area contributed by atoms with E-state index in [1.54, 1.807) is 0 Å². The quantitative estimate of drug-likeness (QED) is 0.0206. The van der Waals surface area contributed by atoms with Crippen molar-refractivity contribution in [2.45, 2.75) is 216 Å². The third-order valence-corrected chi connectivity index (χ3v) is 13.7. The Bertz CT molecular complexity index is 1250. The van der Waals surface area contributed by atoms with E-state index in [-0.39, 0.29) is 47.4 Å². The Labute approximate surface area is 367 Å². The highest BCUT2D eigenvalue weighted by Crippen LogP contribution is 2.66. The van der Waals surface area contributed by atoms with Crippen LogP contribution < -0.4 is 0 Å². The molecule has 9 nitrogen and oxygen atoms in total. The molecule has 60 heavy (non-hydrogen) atoms.